The number of carbonyl (C=O) groups excluding carboxylic acids is 2. The second-order valence-electron chi connectivity index (χ2n) is 6.29. The molecule has 0 spiro atoms. The molecule has 1 N–H and O–H groups in total. The normalized spacial score (nSPS) is 10.8. The molecule has 1 amide bonds. The van der Waals surface area contributed by atoms with Crippen molar-refractivity contribution in [1.82, 2.24) is 19.7 Å². The molecule has 0 unspecified atom stereocenters. The van der Waals surface area contributed by atoms with Gasteiger partial charge in [-0.2, -0.15) is 5.10 Å². The van der Waals surface area contributed by atoms with Crippen molar-refractivity contribution in [2.75, 3.05) is 11.9 Å². The van der Waals surface area contributed by atoms with Crippen molar-refractivity contribution < 1.29 is 14.3 Å². The monoisotopic (exact) mass is 367 g/mol. The van der Waals surface area contributed by atoms with Gasteiger partial charge in [0.15, 0.2) is 11.5 Å². The maximum absolute atomic E-state index is 11.6. The first-order valence-electron chi connectivity index (χ1n) is 8.63. The van der Waals surface area contributed by atoms with Crippen LogP contribution in [0.1, 0.15) is 25.8 Å². The van der Waals surface area contributed by atoms with Crippen LogP contribution < -0.4 is 5.32 Å². The molecule has 0 aliphatic heterocycles. The molecule has 3 heterocycles. The van der Waals surface area contributed by atoms with Crippen LogP contribution in [0.15, 0.2) is 30.7 Å². The van der Waals surface area contributed by atoms with Crippen LogP contribution in [0.2, 0.25) is 0 Å². The molecule has 0 radical (unpaired) electrons. The topological polar surface area (TPSA) is 99.0 Å². The van der Waals surface area contributed by atoms with E-state index in [2.05, 4.69) is 20.4 Å². The van der Waals surface area contributed by atoms with Crippen LogP contribution in [0.4, 0.5) is 5.82 Å². The summed E-state index contributed by atoms with van der Waals surface area (Å²) < 4.78 is 6.67. The SMILES string of the molecule is CC(=O)Nc1nn(CCCOC(C)=O)c2ncc(-c3cncc(C)c3)cc12. The van der Waals surface area contributed by atoms with Crippen LogP contribution in [-0.4, -0.2) is 38.2 Å². The Labute approximate surface area is 156 Å². The molecule has 3 rings (SSSR count). The Morgan fingerprint density at radius 1 is 1.15 bits per heavy atom. The lowest BCUT2D eigenvalue weighted by atomic mass is 10.1. The summed E-state index contributed by atoms with van der Waals surface area (Å²) in [5, 5.41) is 7.97. The third-order valence-electron chi connectivity index (χ3n) is 3.91. The zero-order valence-electron chi connectivity index (χ0n) is 15.5. The van der Waals surface area contributed by atoms with Crippen molar-refractivity contribution in [3.63, 3.8) is 0 Å². The number of nitrogens with zero attached hydrogens (tertiary/aromatic N) is 4. The minimum atomic E-state index is -0.311. The maximum atomic E-state index is 11.6. The van der Waals surface area contributed by atoms with Crippen molar-refractivity contribution in [2.45, 2.75) is 33.7 Å². The first-order chi connectivity index (χ1) is 12.9. The zero-order chi connectivity index (χ0) is 19.4. The van der Waals surface area contributed by atoms with Crippen molar-refractivity contribution in [1.29, 1.82) is 0 Å². The molecule has 0 aliphatic carbocycles. The predicted molar refractivity (Wildman–Crippen MR) is 101 cm³/mol. The molecular formula is C19H21N5O3. The molecule has 0 bridgehead atoms. The molecule has 8 heteroatoms. The summed E-state index contributed by atoms with van der Waals surface area (Å²) in [5.41, 5.74) is 3.55. The molecular weight excluding hydrogens is 346 g/mol. The van der Waals surface area contributed by atoms with Gasteiger partial charge in [-0.1, -0.05) is 0 Å². The first kappa shape index (κ1) is 18.5. The van der Waals surface area contributed by atoms with Gasteiger partial charge in [0.05, 0.1) is 12.0 Å². The van der Waals surface area contributed by atoms with Crippen LogP contribution in [-0.2, 0) is 20.9 Å². The van der Waals surface area contributed by atoms with Crippen LogP contribution in [0, 0.1) is 6.92 Å². The lowest BCUT2D eigenvalue weighted by Crippen LogP contribution is -2.09. The van der Waals surface area contributed by atoms with Gasteiger partial charge in [0.2, 0.25) is 5.91 Å². The number of hydrogen-bond acceptors (Lipinski definition) is 6. The second kappa shape index (κ2) is 7.94. The highest BCUT2D eigenvalue weighted by Crippen LogP contribution is 2.27. The van der Waals surface area contributed by atoms with E-state index in [9.17, 15) is 9.59 Å². The van der Waals surface area contributed by atoms with Crippen LogP contribution in [0.3, 0.4) is 0 Å². The van der Waals surface area contributed by atoms with E-state index in [1.807, 2.05) is 19.1 Å². The highest BCUT2D eigenvalue weighted by molar-refractivity contribution is 5.99. The van der Waals surface area contributed by atoms with Gasteiger partial charge >= 0.3 is 5.97 Å². The number of ether oxygens (including phenoxy) is 1. The van der Waals surface area contributed by atoms with Crippen LogP contribution in [0.5, 0.6) is 0 Å². The van der Waals surface area contributed by atoms with Crippen LogP contribution >= 0.6 is 0 Å². The largest absolute Gasteiger partial charge is 0.466 e. The van der Waals surface area contributed by atoms with Gasteiger partial charge in [-0.15, -0.1) is 0 Å². The molecule has 0 aliphatic rings. The summed E-state index contributed by atoms with van der Waals surface area (Å²) >= 11 is 0. The van der Waals surface area contributed by atoms with Gasteiger partial charge in [-0.05, 0) is 24.6 Å². The number of carbonyl (C=O) groups is 2. The number of anilines is 1. The number of hydrogen-bond donors (Lipinski definition) is 1. The van der Waals surface area contributed by atoms with E-state index >= 15 is 0 Å². The van der Waals surface area contributed by atoms with Crippen molar-refractivity contribution in [3.8, 4) is 11.1 Å². The number of fused-ring (bicyclic) bond motifs is 1. The number of esters is 1. The molecule has 27 heavy (non-hydrogen) atoms. The van der Waals surface area contributed by atoms with E-state index in [1.54, 1.807) is 23.3 Å². The van der Waals surface area contributed by atoms with Gasteiger partial charge in [0.25, 0.3) is 0 Å². The highest BCUT2D eigenvalue weighted by atomic mass is 16.5. The van der Waals surface area contributed by atoms with E-state index in [-0.39, 0.29) is 11.9 Å². The highest BCUT2D eigenvalue weighted by Gasteiger charge is 2.14. The smallest absolute Gasteiger partial charge is 0.302 e. The maximum Gasteiger partial charge on any atom is 0.302 e. The Balaban J connectivity index is 1.95. The average molecular weight is 367 g/mol. The molecule has 0 aromatic carbocycles. The fourth-order valence-corrected chi connectivity index (χ4v) is 2.78. The van der Waals surface area contributed by atoms with Crippen LogP contribution in [0.25, 0.3) is 22.2 Å². The number of aromatic nitrogens is 4. The molecule has 3 aromatic heterocycles. The van der Waals surface area contributed by atoms with E-state index < -0.39 is 0 Å². The molecule has 0 saturated heterocycles. The second-order valence-corrected chi connectivity index (χ2v) is 6.29. The number of nitrogens with one attached hydrogen (secondary N) is 1. The van der Waals surface area contributed by atoms with Crippen molar-refractivity contribution in [3.05, 3.63) is 36.3 Å². The summed E-state index contributed by atoms with van der Waals surface area (Å²) in [5.74, 6) is -0.0576. The number of aryl methyl sites for hydroxylation is 2. The summed E-state index contributed by atoms with van der Waals surface area (Å²) in [6.45, 7) is 5.61. The standard InChI is InChI=1S/C19H21N5O3/c1-12-7-15(10-20-9-12)16-8-17-18(22-13(2)25)23-24(19(17)21-11-16)5-4-6-27-14(3)26/h7-11H,4-6H2,1-3H3,(H,22,23,25). The van der Waals surface area contributed by atoms with E-state index in [1.165, 1.54) is 13.8 Å². The summed E-state index contributed by atoms with van der Waals surface area (Å²) in [4.78, 5) is 31.2. The summed E-state index contributed by atoms with van der Waals surface area (Å²) in [7, 11) is 0. The zero-order valence-corrected chi connectivity index (χ0v) is 15.5. The number of rotatable bonds is 6. The third-order valence-corrected chi connectivity index (χ3v) is 3.91. The number of amides is 1. The predicted octanol–water partition coefficient (Wildman–Crippen LogP) is 2.71. The Morgan fingerprint density at radius 2 is 1.93 bits per heavy atom. The summed E-state index contributed by atoms with van der Waals surface area (Å²) in [6.07, 6.45) is 5.93. The average Bonchev–Trinajstić information content (AvgIpc) is 2.95. The third kappa shape index (κ3) is 4.46. The van der Waals surface area contributed by atoms with E-state index in [4.69, 9.17) is 4.74 Å². The van der Waals surface area contributed by atoms with E-state index in [0.717, 1.165) is 22.1 Å². The van der Waals surface area contributed by atoms with Crippen molar-refractivity contribution in [2.24, 2.45) is 0 Å². The Morgan fingerprint density at radius 3 is 2.63 bits per heavy atom. The molecule has 0 saturated carbocycles. The van der Waals surface area contributed by atoms with Gasteiger partial charge in [-0.3, -0.25) is 14.6 Å². The van der Waals surface area contributed by atoms with Crippen molar-refractivity contribution >= 4 is 28.7 Å². The quantitative estimate of drug-likeness (QED) is 0.531. The van der Waals surface area contributed by atoms with Gasteiger partial charge in [0.1, 0.15) is 0 Å². The number of pyridine rings is 2. The van der Waals surface area contributed by atoms with Gasteiger partial charge < -0.3 is 10.1 Å². The molecule has 0 fully saturated rings. The first-order valence-corrected chi connectivity index (χ1v) is 8.63. The molecule has 8 nitrogen and oxygen atoms in total. The minimum absolute atomic E-state index is 0.205. The minimum Gasteiger partial charge on any atom is -0.466 e. The lowest BCUT2D eigenvalue weighted by Gasteiger charge is -2.05. The van der Waals surface area contributed by atoms with E-state index in [0.29, 0.717) is 31.0 Å². The van der Waals surface area contributed by atoms with Gasteiger partial charge in [0, 0.05) is 56.5 Å². The summed E-state index contributed by atoms with van der Waals surface area (Å²) in [6, 6.07) is 3.97. The van der Waals surface area contributed by atoms with Gasteiger partial charge in [-0.25, -0.2) is 9.67 Å². The fraction of sp³-hybridized carbons (Fsp3) is 0.316. The molecule has 3 aromatic rings. The lowest BCUT2D eigenvalue weighted by molar-refractivity contribution is -0.141. The molecule has 140 valence electrons. The Kier molecular flexibility index (Phi) is 5.44. The fourth-order valence-electron chi connectivity index (χ4n) is 2.78. The Hall–Kier alpha value is -3.29. The Bertz CT molecular complexity index is 996. The molecule has 0 atom stereocenters.